The molecule has 4 nitrogen and oxygen atoms in total. The van der Waals surface area contributed by atoms with Crippen molar-refractivity contribution in [1.29, 1.82) is 0 Å². The first-order chi connectivity index (χ1) is 10.2. The van der Waals surface area contributed by atoms with Gasteiger partial charge >= 0.3 is 0 Å². The van der Waals surface area contributed by atoms with Crippen molar-refractivity contribution in [3.05, 3.63) is 28.2 Å². The van der Waals surface area contributed by atoms with Gasteiger partial charge in [0.05, 0.1) is 31.5 Å². The number of anilines is 1. The first-order valence-corrected chi connectivity index (χ1v) is 8.44. The summed E-state index contributed by atoms with van der Waals surface area (Å²) in [7, 11) is 0. The van der Waals surface area contributed by atoms with Crippen LogP contribution in [0, 0.1) is 0 Å². The van der Waals surface area contributed by atoms with Crippen molar-refractivity contribution in [2.45, 2.75) is 32.4 Å². The summed E-state index contributed by atoms with van der Waals surface area (Å²) in [4.78, 5) is 2.22. The minimum absolute atomic E-state index is 0.0385. The van der Waals surface area contributed by atoms with E-state index in [0.29, 0.717) is 19.3 Å². The van der Waals surface area contributed by atoms with Crippen LogP contribution in [0.5, 0.6) is 0 Å². The molecule has 0 aliphatic carbocycles. The second kappa shape index (κ2) is 8.13. The zero-order chi connectivity index (χ0) is 15.2. The minimum atomic E-state index is 0.0385. The molecule has 21 heavy (non-hydrogen) atoms. The van der Waals surface area contributed by atoms with Crippen LogP contribution in [0.15, 0.2) is 22.7 Å². The fraction of sp³-hybridized carbons (Fsp3) is 0.625. The van der Waals surface area contributed by atoms with E-state index in [1.165, 1.54) is 5.56 Å². The van der Waals surface area contributed by atoms with E-state index in [1.807, 2.05) is 0 Å². The van der Waals surface area contributed by atoms with Crippen LogP contribution >= 0.6 is 15.9 Å². The Morgan fingerprint density at radius 2 is 2.33 bits per heavy atom. The highest BCUT2D eigenvalue weighted by Crippen LogP contribution is 2.31. The normalized spacial score (nSPS) is 20.6. The molecule has 0 bridgehead atoms. The Balaban J connectivity index is 2.14. The molecule has 1 aliphatic rings. The number of rotatable bonds is 6. The average molecular weight is 357 g/mol. The fourth-order valence-electron chi connectivity index (χ4n) is 2.63. The third kappa shape index (κ3) is 4.19. The molecule has 5 heteroatoms. The molecule has 1 aromatic rings. The summed E-state index contributed by atoms with van der Waals surface area (Å²) in [5.74, 6) is 0. The fourth-order valence-corrected chi connectivity index (χ4v) is 3.25. The van der Waals surface area contributed by atoms with Crippen LogP contribution in [0.3, 0.4) is 0 Å². The molecular weight excluding hydrogens is 332 g/mol. The molecule has 118 valence electrons. The maximum absolute atomic E-state index is 9.51. The monoisotopic (exact) mass is 356 g/mol. The number of nitrogens with one attached hydrogen (secondary N) is 1. The van der Waals surface area contributed by atoms with Gasteiger partial charge in [-0.05, 0) is 53.5 Å². The molecule has 2 N–H and O–H groups in total. The van der Waals surface area contributed by atoms with Gasteiger partial charge in [0.2, 0.25) is 0 Å². The molecule has 1 saturated heterocycles. The second-order valence-corrected chi connectivity index (χ2v) is 6.35. The molecule has 0 saturated carbocycles. The second-order valence-electron chi connectivity index (χ2n) is 5.49. The quantitative estimate of drug-likeness (QED) is 0.822. The Morgan fingerprint density at radius 3 is 3.00 bits per heavy atom. The van der Waals surface area contributed by atoms with Crippen molar-refractivity contribution >= 4 is 21.6 Å². The third-order valence-electron chi connectivity index (χ3n) is 3.92. The number of benzene rings is 1. The minimum Gasteiger partial charge on any atom is -0.394 e. The first kappa shape index (κ1) is 16.7. The molecule has 1 fully saturated rings. The molecular formula is C16H25BrN2O2. The molecule has 0 aromatic heterocycles. The Hall–Kier alpha value is -0.620. The molecule has 2 unspecified atom stereocenters. The average Bonchev–Trinajstić information content (AvgIpc) is 2.52. The van der Waals surface area contributed by atoms with Crippen LogP contribution in [-0.4, -0.2) is 44.1 Å². The lowest BCUT2D eigenvalue weighted by Crippen LogP contribution is -2.47. The standard InChI is InChI=1S/C16H25BrN2O2/c1-3-6-18-12(2)13-4-5-16(15(17)9-13)19-7-8-21-11-14(19)10-20/h4-5,9,12,14,18,20H,3,6-8,10-11H2,1-2H3. The van der Waals surface area contributed by atoms with Crippen LogP contribution in [0.1, 0.15) is 31.9 Å². The summed E-state index contributed by atoms with van der Waals surface area (Å²) in [5, 5.41) is 13.0. The van der Waals surface area contributed by atoms with Gasteiger partial charge in [-0.3, -0.25) is 0 Å². The topological polar surface area (TPSA) is 44.7 Å². The van der Waals surface area contributed by atoms with Crippen LogP contribution in [-0.2, 0) is 4.74 Å². The highest BCUT2D eigenvalue weighted by Gasteiger charge is 2.24. The van der Waals surface area contributed by atoms with Crippen LogP contribution in [0.25, 0.3) is 0 Å². The molecule has 0 spiro atoms. The molecule has 1 aromatic carbocycles. The van der Waals surface area contributed by atoms with E-state index < -0.39 is 0 Å². The predicted molar refractivity (Wildman–Crippen MR) is 89.9 cm³/mol. The van der Waals surface area contributed by atoms with E-state index in [1.54, 1.807) is 0 Å². The number of nitrogens with zero attached hydrogens (tertiary/aromatic N) is 1. The summed E-state index contributed by atoms with van der Waals surface area (Å²) >= 11 is 3.68. The van der Waals surface area contributed by atoms with Gasteiger partial charge in [-0.1, -0.05) is 13.0 Å². The van der Waals surface area contributed by atoms with E-state index >= 15 is 0 Å². The number of ether oxygens (including phenoxy) is 1. The maximum Gasteiger partial charge on any atom is 0.0755 e. The van der Waals surface area contributed by atoms with Crippen molar-refractivity contribution < 1.29 is 9.84 Å². The van der Waals surface area contributed by atoms with Gasteiger partial charge in [0, 0.05) is 17.1 Å². The van der Waals surface area contributed by atoms with Crippen molar-refractivity contribution in [2.24, 2.45) is 0 Å². The Morgan fingerprint density at radius 1 is 1.52 bits per heavy atom. The lowest BCUT2D eigenvalue weighted by Gasteiger charge is -2.37. The van der Waals surface area contributed by atoms with E-state index in [4.69, 9.17) is 4.74 Å². The number of hydrogen-bond donors (Lipinski definition) is 2. The van der Waals surface area contributed by atoms with Gasteiger partial charge in [0.15, 0.2) is 0 Å². The van der Waals surface area contributed by atoms with Crippen molar-refractivity contribution in [1.82, 2.24) is 5.32 Å². The van der Waals surface area contributed by atoms with Crippen molar-refractivity contribution in [3.63, 3.8) is 0 Å². The maximum atomic E-state index is 9.51. The van der Waals surface area contributed by atoms with Crippen LogP contribution < -0.4 is 10.2 Å². The summed E-state index contributed by atoms with van der Waals surface area (Å²) in [6.45, 7) is 7.60. The van der Waals surface area contributed by atoms with Gasteiger partial charge in [0.25, 0.3) is 0 Å². The Kier molecular flexibility index (Phi) is 6.48. The number of morpholine rings is 1. The summed E-state index contributed by atoms with van der Waals surface area (Å²) in [6.07, 6.45) is 1.13. The SMILES string of the molecule is CCCNC(C)c1ccc(N2CCOCC2CO)c(Br)c1. The number of aliphatic hydroxyl groups excluding tert-OH is 1. The molecule has 2 rings (SSSR count). The zero-order valence-electron chi connectivity index (χ0n) is 12.8. The molecule has 2 atom stereocenters. The van der Waals surface area contributed by atoms with Gasteiger partial charge in [0.1, 0.15) is 0 Å². The highest BCUT2D eigenvalue weighted by atomic mass is 79.9. The molecule has 1 aliphatic heterocycles. The van der Waals surface area contributed by atoms with Crippen LogP contribution in [0.2, 0.25) is 0 Å². The highest BCUT2D eigenvalue weighted by molar-refractivity contribution is 9.10. The summed E-state index contributed by atoms with van der Waals surface area (Å²) in [6, 6.07) is 6.85. The Bertz CT molecular complexity index is 456. The van der Waals surface area contributed by atoms with E-state index in [2.05, 4.69) is 58.2 Å². The van der Waals surface area contributed by atoms with Gasteiger partial charge in [-0.2, -0.15) is 0 Å². The van der Waals surface area contributed by atoms with Crippen molar-refractivity contribution in [3.8, 4) is 0 Å². The predicted octanol–water partition coefficient (Wildman–Crippen LogP) is 2.71. The van der Waals surface area contributed by atoms with Crippen molar-refractivity contribution in [2.75, 3.05) is 37.8 Å². The van der Waals surface area contributed by atoms with Gasteiger partial charge in [-0.25, -0.2) is 0 Å². The number of halogens is 1. The molecule has 0 radical (unpaired) electrons. The number of aliphatic hydroxyl groups is 1. The summed E-state index contributed by atoms with van der Waals surface area (Å²) < 4.78 is 6.52. The van der Waals surface area contributed by atoms with Crippen LogP contribution in [0.4, 0.5) is 5.69 Å². The zero-order valence-corrected chi connectivity index (χ0v) is 14.4. The van der Waals surface area contributed by atoms with Gasteiger partial charge in [-0.15, -0.1) is 0 Å². The smallest absolute Gasteiger partial charge is 0.0755 e. The van der Waals surface area contributed by atoms with E-state index in [-0.39, 0.29) is 12.6 Å². The lowest BCUT2D eigenvalue weighted by atomic mass is 10.1. The van der Waals surface area contributed by atoms with E-state index in [0.717, 1.165) is 29.7 Å². The Labute approximate surface area is 135 Å². The number of hydrogen-bond acceptors (Lipinski definition) is 4. The van der Waals surface area contributed by atoms with E-state index in [9.17, 15) is 5.11 Å². The first-order valence-electron chi connectivity index (χ1n) is 7.65. The van der Waals surface area contributed by atoms with Gasteiger partial charge < -0.3 is 20.1 Å². The molecule has 0 amide bonds. The largest absolute Gasteiger partial charge is 0.394 e. The molecule has 1 heterocycles. The lowest BCUT2D eigenvalue weighted by molar-refractivity contribution is 0.0726. The summed E-state index contributed by atoms with van der Waals surface area (Å²) in [5.41, 5.74) is 2.40. The third-order valence-corrected chi connectivity index (χ3v) is 4.56.